The molecule has 1 saturated heterocycles. The van der Waals surface area contributed by atoms with Crippen molar-refractivity contribution in [2.24, 2.45) is 5.92 Å². The number of allylic oxidation sites excluding steroid dienone is 1. The summed E-state index contributed by atoms with van der Waals surface area (Å²) in [5.41, 5.74) is 2.66. The number of hydrogen-bond donors (Lipinski definition) is 0. The topological polar surface area (TPSA) is 65.1 Å². The van der Waals surface area contributed by atoms with Crippen LogP contribution in [0.5, 0.6) is 5.75 Å². The number of fused-ring (bicyclic) bond motifs is 1. The molecule has 2 aliphatic heterocycles. The molecule has 0 bridgehead atoms. The molecule has 0 spiro atoms. The van der Waals surface area contributed by atoms with Gasteiger partial charge in [-0.15, -0.1) is 0 Å². The maximum atomic E-state index is 12.3. The molecule has 0 aromatic heterocycles. The van der Waals surface area contributed by atoms with Crippen molar-refractivity contribution >= 4 is 17.6 Å². The van der Waals surface area contributed by atoms with Crippen LogP contribution in [0.4, 0.5) is 4.79 Å². The Balaban J connectivity index is 1.66. The molecule has 1 aromatic carbocycles. The first-order valence-electron chi connectivity index (χ1n) is 10.3. The van der Waals surface area contributed by atoms with Crippen LogP contribution in [0.2, 0.25) is 0 Å². The van der Waals surface area contributed by atoms with Crippen molar-refractivity contribution in [3.05, 3.63) is 35.4 Å². The molecular formula is C23H31NO5. The Morgan fingerprint density at radius 2 is 1.97 bits per heavy atom. The first-order valence-corrected chi connectivity index (χ1v) is 10.3. The molecule has 2 heterocycles. The maximum absolute atomic E-state index is 12.3. The molecular weight excluding hydrogens is 370 g/mol. The summed E-state index contributed by atoms with van der Waals surface area (Å²) in [5.74, 6) is 0.935. The van der Waals surface area contributed by atoms with Gasteiger partial charge in [0.2, 0.25) is 0 Å². The lowest BCUT2D eigenvalue weighted by Gasteiger charge is -2.33. The Morgan fingerprint density at radius 1 is 1.24 bits per heavy atom. The maximum Gasteiger partial charge on any atom is 0.410 e. The third kappa shape index (κ3) is 5.75. The molecule has 2 aliphatic rings. The van der Waals surface area contributed by atoms with E-state index >= 15 is 0 Å². The lowest BCUT2D eigenvalue weighted by molar-refractivity contribution is -0.134. The van der Waals surface area contributed by atoms with E-state index in [1.807, 2.05) is 26.8 Å². The standard InChI is InChI=1S/C23H31NO5/c1-23(2,3)29-22(26)24-10-7-16(8-11-24)13-19(15-21(25)27-4)18-6-5-17-9-12-28-20(17)14-18/h5-6,14-16H,7-13H2,1-4H3. The number of hydrogen-bond acceptors (Lipinski definition) is 5. The van der Waals surface area contributed by atoms with Gasteiger partial charge >= 0.3 is 12.1 Å². The second-order valence-electron chi connectivity index (χ2n) is 8.73. The van der Waals surface area contributed by atoms with E-state index in [9.17, 15) is 9.59 Å². The fourth-order valence-corrected chi connectivity index (χ4v) is 3.78. The van der Waals surface area contributed by atoms with Crippen molar-refractivity contribution in [2.45, 2.75) is 52.1 Å². The normalized spacial score (nSPS) is 17.5. The third-order valence-electron chi connectivity index (χ3n) is 5.33. The van der Waals surface area contributed by atoms with Crippen molar-refractivity contribution in [1.82, 2.24) is 4.90 Å². The molecule has 1 amide bonds. The number of carbonyl (C=O) groups excluding carboxylic acids is 2. The summed E-state index contributed by atoms with van der Waals surface area (Å²) in [6, 6.07) is 6.15. The van der Waals surface area contributed by atoms with E-state index in [-0.39, 0.29) is 12.1 Å². The summed E-state index contributed by atoms with van der Waals surface area (Å²) < 4.78 is 16.0. The van der Waals surface area contributed by atoms with Crippen LogP contribution >= 0.6 is 0 Å². The van der Waals surface area contributed by atoms with Gasteiger partial charge in [0, 0.05) is 25.6 Å². The highest BCUT2D eigenvalue weighted by molar-refractivity contribution is 5.91. The summed E-state index contributed by atoms with van der Waals surface area (Å²) >= 11 is 0. The molecule has 3 rings (SSSR count). The van der Waals surface area contributed by atoms with Crippen LogP contribution < -0.4 is 4.74 Å². The monoisotopic (exact) mass is 401 g/mol. The summed E-state index contributed by atoms with van der Waals surface area (Å²) in [4.78, 5) is 26.0. The summed E-state index contributed by atoms with van der Waals surface area (Å²) in [6.07, 6.45) is 4.76. The number of amides is 1. The molecule has 158 valence electrons. The minimum atomic E-state index is -0.486. The first-order chi connectivity index (χ1) is 13.7. The molecule has 0 aliphatic carbocycles. The molecule has 0 atom stereocenters. The highest BCUT2D eigenvalue weighted by atomic mass is 16.6. The van der Waals surface area contributed by atoms with Crippen molar-refractivity contribution in [2.75, 3.05) is 26.8 Å². The van der Waals surface area contributed by atoms with Gasteiger partial charge in [-0.3, -0.25) is 0 Å². The number of rotatable bonds is 4. The van der Waals surface area contributed by atoms with E-state index in [1.165, 1.54) is 12.7 Å². The molecule has 1 fully saturated rings. The third-order valence-corrected chi connectivity index (χ3v) is 5.33. The Kier molecular flexibility index (Phi) is 6.50. The molecule has 0 unspecified atom stereocenters. The molecule has 6 heteroatoms. The van der Waals surface area contributed by atoms with E-state index < -0.39 is 5.60 Å². The average Bonchev–Trinajstić information content (AvgIpc) is 3.14. The van der Waals surface area contributed by atoms with Crippen molar-refractivity contribution in [3.8, 4) is 5.75 Å². The molecule has 1 aromatic rings. The van der Waals surface area contributed by atoms with Gasteiger partial charge in [0.25, 0.3) is 0 Å². The van der Waals surface area contributed by atoms with E-state index in [4.69, 9.17) is 14.2 Å². The number of esters is 1. The van der Waals surface area contributed by atoms with E-state index in [1.54, 1.807) is 11.0 Å². The second-order valence-corrected chi connectivity index (χ2v) is 8.73. The fourth-order valence-electron chi connectivity index (χ4n) is 3.78. The van der Waals surface area contributed by atoms with Gasteiger partial charge in [0.05, 0.1) is 13.7 Å². The average molecular weight is 402 g/mol. The largest absolute Gasteiger partial charge is 0.493 e. The van der Waals surface area contributed by atoms with Crippen LogP contribution in [-0.4, -0.2) is 49.4 Å². The second kappa shape index (κ2) is 8.89. The molecule has 0 saturated carbocycles. The molecule has 29 heavy (non-hydrogen) atoms. The van der Waals surface area contributed by atoms with Crippen molar-refractivity contribution < 1.29 is 23.8 Å². The van der Waals surface area contributed by atoms with Crippen LogP contribution in [0.25, 0.3) is 5.57 Å². The van der Waals surface area contributed by atoms with Gasteiger partial charge in [-0.2, -0.15) is 0 Å². The van der Waals surface area contributed by atoms with Gasteiger partial charge in [0.15, 0.2) is 0 Å². The van der Waals surface area contributed by atoms with Crippen LogP contribution in [-0.2, 0) is 20.7 Å². The Morgan fingerprint density at radius 3 is 2.62 bits per heavy atom. The highest BCUT2D eigenvalue weighted by Gasteiger charge is 2.27. The molecule has 6 nitrogen and oxygen atoms in total. The zero-order valence-electron chi connectivity index (χ0n) is 17.8. The van der Waals surface area contributed by atoms with Gasteiger partial charge < -0.3 is 19.1 Å². The summed E-state index contributed by atoms with van der Waals surface area (Å²) in [5, 5.41) is 0. The molecule has 0 N–H and O–H groups in total. The fraction of sp³-hybridized carbons (Fsp3) is 0.565. The number of ether oxygens (including phenoxy) is 3. The predicted molar refractivity (Wildman–Crippen MR) is 111 cm³/mol. The van der Waals surface area contributed by atoms with Gasteiger partial charge in [-0.25, -0.2) is 9.59 Å². The van der Waals surface area contributed by atoms with Gasteiger partial charge in [-0.05, 0) is 68.7 Å². The summed E-state index contributed by atoms with van der Waals surface area (Å²) in [6.45, 7) is 7.67. The van der Waals surface area contributed by atoms with Crippen LogP contribution in [0.1, 0.15) is 51.2 Å². The summed E-state index contributed by atoms with van der Waals surface area (Å²) in [7, 11) is 1.39. The van der Waals surface area contributed by atoms with E-state index in [0.29, 0.717) is 25.6 Å². The van der Waals surface area contributed by atoms with E-state index in [2.05, 4.69) is 12.1 Å². The number of methoxy groups -OCH3 is 1. The van der Waals surface area contributed by atoms with Gasteiger partial charge in [0.1, 0.15) is 11.4 Å². The Hall–Kier alpha value is -2.50. The lowest BCUT2D eigenvalue weighted by Crippen LogP contribution is -2.41. The minimum absolute atomic E-state index is 0.253. The van der Waals surface area contributed by atoms with Crippen LogP contribution in [0.15, 0.2) is 24.3 Å². The zero-order valence-corrected chi connectivity index (χ0v) is 17.8. The van der Waals surface area contributed by atoms with Crippen LogP contribution in [0.3, 0.4) is 0 Å². The van der Waals surface area contributed by atoms with Crippen molar-refractivity contribution in [3.63, 3.8) is 0 Å². The van der Waals surface area contributed by atoms with Crippen LogP contribution in [0, 0.1) is 5.92 Å². The molecule has 0 radical (unpaired) electrons. The van der Waals surface area contributed by atoms with Crippen molar-refractivity contribution in [1.29, 1.82) is 0 Å². The number of carbonyl (C=O) groups is 2. The number of likely N-dealkylation sites (tertiary alicyclic amines) is 1. The highest BCUT2D eigenvalue weighted by Crippen LogP contribution is 2.34. The number of nitrogens with zero attached hydrogens (tertiary/aromatic N) is 1. The Bertz CT molecular complexity index is 785. The predicted octanol–water partition coefficient (Wildman–Crippen LogP) is 4.22. The number of benzene rings is 1. The first kappa shape index (κ1) is 21.2. The van der Waals surface area contributed by atoms with Gasteiger partial charge in [-0.1, -0.05) is 12.1 Å². The van der Waals surface area contributed by atoms with E-state index in [0.717, 1.165) is 42.6 Å². The Labute approximate surface area is 172 Å². The quantitative estimate of drug-likeness (QED) is 0.558. The SMILES string of the molecule is COC(=O)C=C(CC1CCN(C(=O)OC(C)(C)C)CC1)c1ccc2c(c1)OCC2. The lowest BCUT2D eigenvalue weighted by atomic mass is 9.87. The smallest absolute Gasteiger partial charge is 0.410 e. The number of piperidine rings is 1. The zero-order chi connectivity index (χ0) is 21.0. The minimum Gasteiger partial charge on any atom is -0.493 e.